The number of anilines is 3. The molecule has 0 unspecified atom stereocenters. The first-order valence-electron chi connectivity index (χ1n) is 9.23. The molecule has 10 heteroatoms. The zero-order chi connectivity index (χ0) is 21.7. The number of aromatic amines is 1. The molecular formula is C20H20F3N5O2. The van der Waals surface area contributed by atoms with Gasteiger partial charge in [0.15, 0.2) is 11.6 Å². The average Bonchev–Trinajstić information content (AvgIpc) is 2.73. The number of halogens is 3. The molecule has 0 bridgehead atoms. The monoisotopic (exact) mass is 419 g/mol. The number of nitrogens with one attached hydrogen (secondary N) is 2. The van der Waals surface area contributed by atoms with Crippen LogP contribution in [-0.2, 0) is 0 Å². The van der Waals surface area contributed by atoms with Gasteiger partial charge in [-0.3, -0.25) is 4.79 Å². The second-order valence-corrected chi connectivity index (χ2v) is 6.20. The van der Waals surface area contributed by atoms with E-state index in [9.17, 15) is 18.0 Å². The van der Waals surface area contributed by atoms with E-state index in [-0.39, 0.29) is 17.3 Å². The summed E-state index contributed by atoms with van der Waals surface area (Å²) in [4.78, 5) is 24.8. The van der Waals surface area contributed by atoms with Crippen LogP contribution >= 0.6 is 0 Å². The Labute approximate surface area is 170 Å². The molecule has 0 aliphatic heterocycles. The number of hydrogen-bond donors (Lipinski definition) is 2. The van der Waals surface area contributed by atoms with Crippen LogP contribution in [0.15, 0.2) is 47.5 Å². The van der Waals surface area contributed by atoms with Crippen molar-refractivity contribution in [1.29, 1.82) is 0 Å². The highest BCUT2D eigenvalue weighted by atomic mass is 19.3. The fourth-order valence-corrected chi connectivity index (χ4v) is 2.80. The Morgan fingerprint density at radius 1 is 1.17 bits per heavy atom. The third-order valence-corrected chi connectivity index (χ3v) is 4.35. The lowest BCUT2D eigenvalue weighted by Gasteiger charge is -2.19. The van der Waals surface area contributed by atoms with Crippen molar-refractivity contribution in [3.8, 4) is 16.9 Å². The van der Waals surface area contributed by atoms with Crippen molar-refractivity contribution in [1.82, 2.24) is 15.0 Å². The summed E-state index contributed by atoms with van der Waals surface area (Å²) in [6, 6.07) is 7.43. The van der Waals surface area contributed by atoms with Crippen LogP contribution in [0.4, 0.5) is 30.6 Å². The Balaban J connectivity index is 1.89. The molecule has 0 amide bonds. The Kier molecular flexibility index (Phi) is 6.55. The van der Waals surface area contributed by atoms with E-state index >= 15 is 0 Å². The molecule has 2 heterocycles. The Morgan fingerprint density at radius 2 is 1.87 bits per heavy atom. The maximum atomic E-state index is 14.2. The van der Waals surface area contributed by atoms with Crippen molar-refractivity contribution in [2.24, 2.45) is 0 Å². The smallest absolute Gasteiger partial charge is 0.387 e. The van der Waals surface area contributed by atoms with Gasteiger partial charge in [-0.1, -0.05) is 12.1 Å². The Morgan fingerprint density at radius 3 is 2.50 bits per heavy atom. The van der Waals surface area contributed by atoms with Gasteiger partial charge >= 0.3 is 6.61 Å². The largest absolute Gasteiger partial charge is 0.435 e. The van der Waals surface area contributed by atoms with E-state index in [0.717, 1.165) is 6.20 Å². The minimum atomic E-state index is -2.91. The molecule has 0 aliphatic rings. The lowest BCUT2D eigenvalue weighted by molar-refractivity contribution is -0.0498. The van der Waals surface area contributed by atoms with Crippen molar-refractivity contribution >= 4 is 17.5 Å². The minimum absolute atomic E-state index is 0.0171. The fourth-order valence-electron chi connectivity index (χ4n) is 2.80. The molecule has 158 valence electrons. The van der Waals surface area contributed by atoms with Crippen LogP contribution in [0.2, 0.25) is 0 Å². The number of aromatic nitrogens is 3. The summed E-state index contributed by atoms with van der Waals surface area (Å²) in [6.45, 7) is 2.22. The lowest BCUT2D eigenvalue weighted by atomic mass is 10.1. The number of alkyl halides is 2. The number of hydrogen-bond acceptors (Lipinski definition) is 6. The van der Waals surface area contributed by atoms with Crippen LogP contribution in [0.5, 0.6) is 5.75 Å². The van der Waals surface area contributed by atoms with E-state index in [0.29, 0.717) is 30.2 Å². The van der Waals surface area contributed by atoms with Crippen LogP contribution in [0.1, 0.15) is 13.8 Å². The molecule has 0 atom stereocenters. The fraction of sp³-hybridized carbons (Fsp3) is 0.250. The third kappa shape index (κ3) is 4.88. The van der Waals surface area contributed by atoms with Crippen molar-refractivity contribution in [3.05, 3.63) is 58.9 Å². The first kappa shape index (κ1) is 21.2. The standard InChI is InChI=1S/C20H20F3N5O2/c1-3-28(4-2)20-25-11-15(21)17(27-20)26-16-9-13(10-24-18(16)29)12-5-7-14(8-6-12)30-19(22)23/h5-11,19H,3-4H2,1-2H3,(H,24,29)(H,25,26,27). The molecule has 30 heavy (non-hydrogen) atoms. The molecule has 3 aromatic rings. The van der Waals surface area contributed by atoms with Crippen molar-refractivity contribution in [2.45, 2.75) is 20.5 Å². The van der Waals surface area contributed by atoms with Gasteiger partial charge in [0.05, 0.1) is 6.20 Å². The van der Waals surface area contributed by atoms with Gasteiger partial charge in [0.25, 0.3) is 5.56 Å². The van der Waals surface area contributed by atoms with E-state index in [1.165, 1.54) is 24.4 Å². The highest BCUT2D eigenvalue weighted by Crippen LogP contribution is 2.25. The summed E-state index contributed by atoms with van der Waals surface area (Å²) in [7, 11) is 0. The number of pyridine rings is 1. The maximum Gasteiger partial charge on any atom is 0.387 e. The highest BCUT2D eigenvalue weighted by molar-refractivity contribution is 5.69. The third-order valence-electron chi connectivity index (χ3n) is 4.35. The van der Waals surface area contributed by atoms with E-state index in [4.69, 9.17) is 0 Å². The first-order valence-corrected chi connectivity index (χ1v) is 9.23. The van der Waals surface area contributed by atoms with E-state index < -0.39 is 18.0 Å². The van der Waals surface area contributed by atoms with Crippen LogP contribution in [0, 0.1) is 5.82 Å². The van der Waals surface area contributed by atoms with Crippen molar-refractivity contribution < 1.29 is 17.9 Å². The maximum absolute atomic E-state index is 14.2. The molecule has 2 aromatic heterocycles. The van der Waals surface area contributed by atoms with Gasteiger partial charge in [-0.25, -0.2) is 9.37 Å². The van der Waals surface area contributed by atoms with Crippen LogP contribution in [0.3, 0.4) is 0 Å². The summed E-state index contributed by atoms with van der Waals surface area (Å²) in [6.07, 6.45) is 2.51. The van der Waals surface area contributed by atoms with Gasteiger partial charge in [-0.2, -0.15) is 13.8 Å². The first-order chi connectivity index (χ1) is 14.4. The number of nitrogens with zero attached hydrogens (tertiary/aromatic N) is 3. The molecule has 0 aliphatic carbocycles. The van der Waals surface area contributed by atoms with E-state index in [1.54, 1.807) is 12.1 Å². The Hall–Kier alpha value is -3.56. The predicted molar refractivity (Wildman–Crippen MR) is 108 cm³/mol. The predicted octanol–water partition coefficient (Wildman–Crippen LogP) is 4.16. The molecule has 0 spiro atoms. The lowest BCUT2D eigenvalue weighted by Crippen LogP contribution is -2.24. The topological polar surface area (TPSA) is 83.1 Å². The molecule has 0 saturated carbocycles. The van der Waals surface area contributed by atoms with Gasteiger partial charge in [0, 0.05) is 24.8 Å². The van der Waals surface area contributed by atoms with Crippen LogP contribution < -0.4 is 20.5 Å². The highest BCUT2D eigenvalue weighted by Gasteiger charge is 2.13. The number of benzene rings is 1. The zero-order valence-corrected chi connectivity index (χ0v) is 16.3. The molecular weight excluding hydrogens is 399 g/mol. The molecule has 3 rings (SSSR count). The SMILES string of the molecule is CCN(CC)c1ncc(F)c(Nc2cc(-c3ccc(OC(F)F)cc3)c[nH]c2=O)n1. The van der Waals surface area contributed by atoms with Crippen LogP contribution in [0.25, 0.3) is 11.1 Å². The summed E-state index contributed by atoms with van der Waals surface area (Å²) in [5, 5.41) is 2.71. The van der Waals surface area contributed by atoms with Gasteiger partial charge < -0.3 is 19.9 Å². The minimum Gasteiger partial charge on any atom is -0.435 e. The summed E-state index contributed by atoms with van der Waals surface area (Å²) in [5.74, 6) is -0.478. The molecule has 2 N–H and O–H groups in total. The molecule has 0 radical (unpaired) electrons. The summed E-state index contributed by atoms with van der Waals surface area (Å²) < 4.78 is 43.1. The van der Waals surface area contributed by atoms with Crippen LogP contribution in [-0.4, -0.2) is 34.7 Å². The molecule has 0 saturated heterocycles. The van der Waals surface area contributed by atoms with Gasteiger partial charge in [-0.15, -0.1) is 0 Å². The number of ether oxygens (including phenoxy) is 1. The second kappa shape index (κ2) is 9.29. The van der Waals surface area contributed by atoms with Gasteiger partial charge in [0.1, 0.15) is 11.4 Å². The molecule has 0 fully saturated rings. The number of H-pyrrole nitrogens is 1. The molecule has 7 nitrogen and oxygen atoms in total. The van der Waals surface area contributed by atoms with Crippen molar-refractivity contribution in [3.63, 3.8) is 0 Å². The Bertz CT molecular complexity index is 1050. The van der Waals surface area contributed by atoms with Gasteiger partial charge in [0.2, 0.25) is 5.95 Å². The van der Waals surface area contributed by atoms with Gasteiger partial charge in [-0.05, 0) is 37.6 Å². The van der Waals surface area contributed by atoms with Crippen molar-refractivity contribution in [2.75, 3.05) is 23.3 Å². The van der Waals surface area contributed by atoms with E-state index in [2.05, 4.69) is 25.0 Å². The normalized spacial score (nSPS) is 10.9. The second-order valence-electron chi connectivity index (χ2n) is 6.20. The summed E-state index contributed by atoms with van der Waals surface area (Å²) in [5.41, 5.74) is 0.823. The number of rotatable bonds is 8. The summed E-state index contributed by atoms with van der Waals surface area (Å²) >= 11 is 0. The average molecular weight is 419 g/mol. The molecule has 1 aromatic carbocycles. The van der Waals surface area contributed by atoms with E-state index in [1.807, 2.05) is 18.7 Å². The quantitative estimate of drug-likeness (QED) is 0.571. The zero-order valence-electron chi connectivity index (χ0n) is 16.3.